The average Bonchev–Trinajstić information content (AvgIpc) is 2.03. The van der Waals surface area contributed by atoms with Gasteiger partial charge < -0.3 is 10.5 Å². The summed E-state index contributed by atoms with van der Waals surface area (Å²) >= 11 is 5.52. The Balaban J connectivity index is 3.29. The topological polar surface area (TPSA) is 101 Å². The highest BCUT2D eigenvalue weighted by molar-refractivity contribution is 6.33. The Morgan fingerprint density at radius 3 is 2.83 bits per heavy atom. The molecule has 4 N–H and O–H groups in total. The second kappa shape index (κ2) is 3.33. The lowest BCUT2D eigenvalue weighted by molar-refractivity contribution is 0.0697. The largest absolute Gasteiger partial charge is 0.477 e. The van der Waals surface area contributed by atoms with Crippen molar-refractivity contribution >= 4 is 23.4 Å². The molecule has 1 aromatic heterocycles. The van der Waals surface area contributed by atoms with Crippen molar-refractivity contribution in [2.24, 2.45) is 5.84 Å². The third kappa shape index (κ3) is 1.44. The van der Waals surface area contributed by atoms with Crippen LogP contribution in [0.5, 0.6) is 0 Å². The van der Waals surface area contributed by atoms with Gasteiger partial charge in [-0.2, -0.15) is 5.10 Å². The Morgan fingerprint density at radius 2 is 2.42 bits per heavy atom. The molecule has 12 heavy (non-hydrogen) atoms. The standard InChI is InChI=1S/C5H5ClN4O2/c6-2-1-8-10-4(9-7)3(2)5(11)12/h1H,7H2,(H,9,10)(H,11,12). The van der Waals surface area contributed by atoms with Crippen molar-refractivity contribution < 1.29 is 9.90 Å². The highest BCUT2D eigenvalue weighted by Crippen LogP contribution is 2.19. The third-order valence-corrected chi connectivity index (χ3v) is 1.44. The van der Waals surface area contributed by atoms with Gasteiger partial charge in [-0.3, -0.25) is 0 Å². The first-order chi connectivity index (χ1) is 5.66. The number of nitrogens with one attached hydrogen (secondary N) is 1. The summed E-state index contributed by atoms with van der Waals surface area (Å²) in [5, 5.41) is 15.5. The lowest BCUT2D eigenvalue weighted by Gasteiger charge is -2.02. The van der Waals surface area contributed by atoms with Crippen LogP contribution in [0.1, 0.15) is 10.4 Å². The highest BCUT2D eigenvalue weighted by atomic mass is 35.5. The molecule has 0 aliphatic heterocycles. The molecule has 0 spiro atoms. The number of hydrogen-bond donors (Lipinski definition) is 3. The minimum Gasteiger partial charge on any atom is -0.477 e. The monoisotopic (exact) mass is 188 g/mol. The Labute approximate surface area is 72.3 Å². The fourth-order valence-electron chi connectivity index (χ4n) is 0.669. The van der Waals surface area contributed by atoms with Gasteiger partial charge >= 0.3 is 5.97 Å². The molecule has 0 aliphatic carbocycles. The second-order valence-electron chi connectivity index (χ2n) is 1.87. The molecule has 64 valence electrons. The lowest BCUT2D eigenvalue weighted by atomic mass is 10.3. The number of carbonyl (C=O) groups is 1. The van der Waals surface area contributed by atoms with Crippen LogP contribution in [0, 0.1) is 0 Å². The summed E-state index contributed by atoms with van der Waals surface area (Å²) in [5.74, 6) is 3.72. The van der Waals surface area contributed by atoms with E-state index in [4.69, 9.17) is 22.6 Å². The first-order valence-corrected chi connectivity index (χ1v) is 3.25. The molecule has 1 rings (SSSR count). The molecule has 0 fully saturated rings. The van der Waals surface area contributed by atoms with E-state index in [9.17, 15) is 4.79 Å². The molecule has 6 nitrogen and oxygen atoms in total. The molecule has 0 amide bonds. The molecule has 0 aliphatic rings. The lowest BCUT2D eigenvalue weighted by Crippen LogP contribution is -2.14. The van der Waals surface area contributed by atoms with Gasteiger partial charge in [-0.1, -0.05) is 11.6 Å². The van der Waals surface area contributed by atoms with Crippen LogP contribution in [0.2, 0.25) is 5.02 Å². The summed E-state index contributed by atoms with van der Waals surface area (Å²) in [6.07, 6.45) is 1.13. The van der Waals surface area contributed by atoms with Crippen molar-refractivity contribution in [1.82, 2.24) is 10.2 Å². The van der Waals surface area contributed by atoms with Crippen LogP contribution < -0.4 is 11.3 Å². The quantitative estimate of drug-likeness (QED) is 0.450. The average molecular weight is 189 g/mol. The van der Waals surface area contributed by atoms with Gasteiger partial charge in [-0.25, -0.2) is 10.6 Å². The van der Waals surface area contributed by atoms with E-state index in [1.807, 2.05) is 0 Å². The van der Waals surface area contributed by atoms with E-state index < -0.39 is 5.97 Å². The predicted octanol–water partition coefficient (Wildman–Crippen LogP) is 0.114. The maximum atomic E-state index is 10.6. The van der Waals surface area contributed by atoms with E-state index in [-0.39, 0.29) is 16.4 Å². The Morgan fingerprint density at radius 1 is 1.75 bits per heavy atom. The van der Waals surface area contributed by atoms with Crippen LogP contribution in [0.4, 0.5) is 5.82 Å². The number of carboxylic acids is 1. The summed E-state index contributed by atoms with van der Waals surface area (Å²) < 4.78 is 0. The molecule has 7 heteroatoms. The van der Waals surface area contributed by atoms with Gasteiger partial charge in [0.15, 0.2) is 5.82 Å². The van der Waals surface area contributed by atoms with Crippen molar-refractivity contribution in [1.29, 1.82) is 0 Å². The predicted molar refractivity (Wildman–Crippen MR) is 41.8 cm³/mol. The van der Waals surface area contributed by atoms with E-state index in [2.05, 4.69) is 15.6 Å². The van der Waals surface area contributed by atoms with Gasteiger partial charge in [0.25, 0.3) is 0 Å². The zero-order valence-electron chi connectivity index (χ0n) is 5.78. The molecule has 0 radical (unpaired) electrons. The number of nitrogens with two attached hydrogens (primary N) is 1. The molecule has 0 unspecified atom stereocenters. The zero-order chi connectivity index (χ0) is 9.14. The summed E-state index contributed by atoms with van der Waals surface area (Å²) in [6.45, 7) is 0. The van der Waals surface area contributed by atoms with Gasteiger partial charge in [0.05, 0.1) is 11.2 Å². The summed E-state index contributed by atoms with van der Waals surface area (Å²) in [7, 11) is 0. The van der Waals surface area contributed by atoms with Crippen molar-refractivity contribution in [3.8, 4) is 0 Å². The molecule has 0 bridgehead atoms. The molecule has 1 heterocycles. The first-order valence-electron chi connectivity index (χ1n) is 2.88. The molecular formula is C5H5ClN4O2. The molecule has 0 saturated carbocycles. The number of rotatable bonds is 2. The van der Waals surface area contributed by atoms with Gasteiger partial charge in [-0.05, 0) is 0 Å². The van der Waals surface area contributed by atoms with Crippen LogP contribution in [-0.2, 0) is 0 Å². The highest BCUT2D eigenvalue weighted by Gasteiger charge is 2.15. The minimum atomic E-state index is -1.21. The van der Waals surface area contributed by atoms with Gasteiger partial charge in [0, 0.05) is 0 Å². The fourth-order valence-corrected chi connectivity index (χ4v) is 0.883. The number of nitrogen functional groups attached to an aromatic ring is 1. The summed E-state index contributed by atoms with van der Waals surface area (Å²) in [4.78, 5) is 10.6. The Kier molecular flexibility index (Phi) is 2.41. The number of anilines is 1. The molecular weight excluding hydrogens is 184 g/mol. The molecule has 0 saturated heterocycles. The van der Waals surface area contributed by atoms with E-state index in [0.29, 0.717) is 0 Å². The molecule has 0 aromatic carbocycles. The van der Waals surface area contributed by atoms with Crippen LogP contribution in [-0.4, -0.2) is 21.3 Å². The normalized spacial score (nSPS) is 9.50. The first kappa shape index (κ1) is 8.69. The number of nitrogens with zero attached hydrogens (tertiary/aromatic N) is 2. The second-order valence-corrected chi connectivity index (χ2v) is 2.27. The number of carboxylic acid groups (broad SMARTS) is 1. The minimum absolute atomic E-state index is 0.00884. The maximum Gasteiger partial charge on any atom is 0.341 e. The van der Waals surface area contributed by atoms with E-state index in [1.54, 1.807) is 0 Å². The van der Waals surface area contributed by atoms with Gasteiger partial charge in [-0.15, -0.1) is 5.10 Å². The number of hydrazine groups is 1. The van der Waals surface area contributed by atoms with Crippen molar-refractivity contribution in [3.05, 3.63) is 16.8 Å². The smallest absolute Gasteiger partial charge is 0.341 e. The zero-order valence-corrected chi connectivity index (χ0v) is 6.54. The Hall–Kier alpha value is -1.40. The van der Waals surface area contributed by atoms with Crippen LogP contribution in [0.15, 0.2) is 6.20 Å². The van der Waals surface area contributed by atoms with E-state index in [0.717, 1.165) is 6.20 Å². The number of aromatic nitrogens is 2. The summed E-state index contributed by atoms with van der Waals surface area (Å²) in [6, 6.07) is 0. The van der Waals surface area contributed by atoms with Crippen molar-refractivity contribution in [3.63, 3.8) is 0 Å². The molecule has 1 aromatic rings. The third-order valence-electron chi connectivity index (χ3n) is 1.16. The summed E-state index contributed by atoms with van der Waals surface area (Å²) in [5.41, 5.74) is 1.89. The maximum absolute atomic E-state index is 10.6. The van der Waals surface area contributed by atoms with Crippen molar-refractivity contribution in [2.75, 3.05) is 5.43 Å². The van der Waals surface area contributed by atoms with Crippen LogP contribution in [0.25, 0.3) is 0 Å². The van der Waals surface area contributed by atoms with Gasteiger partial charge in [0.1, 0.15) is 5.56 Å². The SMILES string of the molecule is NNc1nncc(Cl)c1C(=O)O. The van der Waals surface area contributed by atoms with Crippen molar-refractivity contribution in [2.45, 2.75) is 0 Å². The van der Waals surface area contributed by atoms with E-state index in [1.165, 1.54) is 0 Å². The molecule has 0 atom stereocenters. The fraction of sp³-hybridized carbons (Fsp3) is 0. The number of hydrogen-bond acceptors (Lipinski definition) is 5. The van der Waals surface area contributed by atoms with Crippen LogP contribution in [0.3, 0.4) is 0 Å². The van der Waals surface area contributed by atoms with Gasteiger partial charge in [0.2, 0.25) is 0 Å². The van der Waals surface area contributed by atoms with E-state index >= 15 is 0 Å². The van der Waals surface area contributed by atoms with Crippen LogP contribution >= 0.6 is 11.6 Å². The Bertz CT molecular complexity index is 316. The number of aromatic carboxylic acids is 1. The number of halogens is 1.